The number of sulfone groups is 1. The van der Waals surface area contributed by atoms with Gasteiger partial charge in [-0.05, 0) is 29.8 Å². The van der Waals surface area contributed by atoms with Crippen LogP contribution in [-0.4, -0.2) is 37.7 Å². The highest BCUT2D eigenvalue weighted by Crippen LogP contribution is 2.33. The molecule has 0 amide bonds. The maximum absolute atomic E-state index is 14.2. The van der Waals surface area contributed by atoms with Crippen LogP contribution in [0.4, 0.5) is 4.39 Å². The highest BCUT2D eigenvalue weighted by Gasteiger charge is 2.17. The van der Waals surface area contributed by atoms with E-state index >= 15 is 0 Å². The van der Waals surface area contributed by atoms with Crippen molar-refractivity contribution in [3.63, 3.8) is 0 Å². The van der Waals surface area contributed by atoms with Gasteiger partial charge in [0, 0.05) is 24.3 Å². The van der Waals surface area contributed by atoms with E-state index in [1.54, 1.807) is 18.2 Å². The van der Waals surface area contributed by atoms with Crippen LogP contribution in [0.2, 0.25) is 0 Å². The summed E-state index contributed by atoms with van der Waals surface area (Å²) in [5.74, 6) is -1.04. The third-order valence-electron chi connectivity index (χ3n) is 3.93. The van der Waals surface area contributed by atoms with Crippen LogP contribution in [0.3, 0.4) is 0 Å². The molecule has 0 unspecified atom stereocenters. The lowest BCUT2D eigenvalue weighted by molar-refractivity contribution is -0.143. The molecule has 9 heteroatoms. The van der Waals surface area contributed by atoms with Gasteiger partial charge in [-0.25, -0.2) is 17.6 Å². The summed E-state index contributed by atoms with van der Waals surface area (Å²) in [5.41, 5.74) is 1.95. The number of ether oxygens (including phenoxy) is 1. The van der Waals surface area contributed by atoms with Crippen LogP contribution in [-0.2, 0) is 14.6 Å². The van der Waals surface area contributed by atoms with Crippen LogP contribution in [0.5, 0.6) is 5.75 Å². The maximum atomic E-state index is 14.2. The Morgan fingerprint density at radius 2 is 1.75 bits per heavy atom. The number of hydrogen-bond donors (Lipinski definition) is 0. The van der Waals surface area contributed by atoms with Gasteiger partial charge in [-0.3, -0.25) is 0 Å². The van der Waals surface area contributed by atoms with E-state index < -0.39 is 21.6 Å². The predicted octanol–water partition coefficient (Wildman–Crippen LogP) is 2.74. The van der Waals surface area contributed by atoms with Crippen molar-refractivity contribution in [1.82, 2.24) is 9.94 Å². The molecule has 28 heavy (non-hydrogen) atoms. The van der Waals surface area contributed by atoms with Crippen LogP contribution in [0.15, 0.2) is 53.6 Å². The Hall–Kier alpha value is -3.20. The molecular formula is C19H17FN2O5S. The summed E-state index contributed by atoms with van der Waals surface area (Å²) < 4.78 is 42.4. The van der Waals surface area contributed by atoms with Gasteiger partial charge in [0.25, 0.3) is 0 Å². The van der Waals surface area contributed by atoms with Crippen molar-refractivity contribution in [2.24, 2.45) is 0 Å². The molecule has 1 heterocycles. The molecule has 2 aromatic carbocycles. The first-order valence-electron chi connectivity index (χ1n) is 8.12. The van der Waals surface area contributed by atoms with Crippen LogP contribution in [0, 0.1) is 5.82 Å². The zero-order valence-electron chi connectivity index (χ0n) is 15.3. The topological polar surface area (TPSA) is 87.5 Å². The zero-order chi connectivity index (χ0) is 20.5. The molecule has 0 atom stereocenters. The lowest BCUT2D eigenvalue weighted by Gasteiger charge is -2.06. The monoisotopic (exact) mass is 404 g/mol. The first kappa shape index (κ1) is 19.6. The fraction of sp³-hybridized carbons (Fsp3) is 0.158. The average molecular weight is 404 g/mol. The molecule has 0 radical (unpaired) electrons. The van der Waals surface area contributed by atoms with Crippen LogP contribution in [0.25, 0.3) is 22.4 Å². The van der Waals surface area contributed by atoms with E-state index in [2.05, 4.69) is 5.10 Å². The Morgan fingerprint density at radius 1 is 1.11 bits per heavy atom. The molecule has 0 aliphatic rings. The highest BCUT2D eigenvalue weighted by molar-refractivity contribution is 7.90. The summed E-state index contributed by atoms with van der Waals surface area (Å²) in [5, 5.41) is 4.23. The van der Waals surface area contributed by atoms with E-state index in [1.165, 1.54) is 44.5 Å². The molecule has 0 bridgehead atoms. The fourth-order valence-corrected chi connectivity index (χ4v) is 3.28. The Kier molecular flexibility index (Phi) is 5.19. The summed E-state index contributed by atoms with van der Waals surface area (Å²) in [7, 11) is -1.98. The molecular weight excluding hydrogens is 387 g/mol. The third kappa shape index (κ3) is 4.04. The van der Waals surface area contributed by atoms with Crippen molar-refractivity contribution in [2.45, 2.75) is 11.8 Å². The van der Waals surface area contributed by atoms with Gasteiger partial charge in [0.2, 0.25) is 0 Å². The van der Waals surface area contributed by atoms with Crippen LogP contribution < -0.4 is 9.57 Å². The number of methoxy groups -OCH3 is 1. The number of benzene rings is 2. The lowest BCUT2D eigenvalue weighted by atomic mass is 10.0. The largest absolute Gasteiger partial charge is 0.494 e. The number of hydrogen-bond acceptors (Lipinski definition) is 6. The molecule has 0 saturated heterocycles. The smallest absolute Gasteiger partial charge is 0.331 e. The number of nitrogens with zero attached hydrogens (tertiary/aromatic N) is 2. The van der Waals surface area contributed by atoms with Gasteiger partial charge in [-0.1, -0.05) is 23.0 Å². The summed E-state index contributed by atoms with van der Waals surface area (Å²) in [6.45, 7) is 1.23. The second-order valence-electron chi connectivity index (χ2n) is 6.02. The molecule has 0 aliphatic heterocycles. The fourth-order valence-electron chi connectivity index (χ4n) is 2.65. The first-order chi connectivity index (χ1) is 13.2. The summed E-state index contributed by atoms with van der Waals surface area (Å²) in [6, 6.07) is 10.5. The van der Waals surface area contributed by atoms with Gasteiger partial charge < -0.3 is 9.57 Å². The van der Waals surface area contributed by atoms with Gasteiger partial charge in [-0.15, -0.1) is 5.10 Å². The van der Waals surface area contributed by atoms with Gasteiger partial charge in [0.1, 0.15) is 5.69 Å². The van der Waals surface area contributed by atoms with Crippen LogP contribution in [0.1, 0.15) is 6.92 Å². The molecule has 146 valence electrons. The van der Waals surface area contributed by atoms with Crippen molar-refractivity contribution in [3.05, 3.63) is 54.5 Å². The van der Waals surface area contributed by atoms with Crippen molar-refractivity contribution >= 4 is 15.8 Å². The Labute approximate surface area is 161 Å². The van der Waals surface area contributed by atoms with E-state index in [9.17, 15) is 17.6 Å². The molecule has 0 fully saturated rings. The predicted molar refractivity (Wildman–Crippen MR) is 100.0 cm³/mol. The van der Waals surface area contributed by atoms with E-state index in [0.717, 1.165) is 11.1 Å². The molecule has 0 spiro atoms. The van der Waals surface area contributed by atoms with Crippen LogP contribution >= 0.6 is 0 Å². The Bertz CT molecular complexity index is 1140. The van der Waals surface area contributed by atoms with E-state index in [0.29, 0.717) is 22.4 Å². The molecule has 1 aromatic heterocycles. The standard InChI is InChI=1S/C19H17FN2O5S/c1-12(23)27-22-11-16(14-6-9-18(26-2)17(20)10-14)19(21-22)13-4-7-15(8-5-13)28(3,24)25/h4-11H,1-3H3. The average Bonchev–Trinajstić information content (AvgIpc) is 3.04. The molecule has 7 nitrogen and oxygen atoms in total. The van der Waals surface area contributed by atoms with Crippen molar-refractivity contribution in [2.75, 3.05) is 13.4 Å². The molecule has 3 rings (SSSR count). The van der Waals surface area contributed by atoms with Gasteiger partial charge in [0.05, 0.1) is 18.2 Å². The molecule has 3 aromatic rings. The van der Waals surface area contributed by atoms with E-state index in [1.807, 2.05) is 0 Å². The normalized spacial score (nSPS) is 11.3. The molecule has 0 aliphatic carbocycles. The Morgan fingerprint density at radius 3 is 2.29 bits per heavy atom. The molecule has 0 N–H and O–H groups in total. The summed E-state index contributed by atoms with van der Waals surface area (Å²) >= 11 is 0. The number of aromatic nitrogens is 2. The second kappa shape index (κ2) is 7.43. The maximum Gasteiger partial charge on any atom is 0.331 e. The number of halogens is 1. The SMILES string of the molecule is COc1ccc(-c2cn(OC(C)=O)nc2-c2ccc(S(C)(=O)=O)cc2)cc1F. The number of carbonyl (C=O) groups is 1. The second-order valence-corrected chi connectivity index (χ2v) is 8.04. The van der Waals surface area contributed by atoms with Gasteiger partial charge in [-0.2, -0.15) is 0 Å². The lowest BCUT2D eigenvalue weighted by Crippen LogP contribution is -2.16. The van der Waals surface area contributed by atoms with E-state index in [4.69, 9.17) is 9.57 Å². The molecule has 0 saturated carbocycles. The number of rotatable bonds is 5. The highest BCUT2D eigenvalue weighted by atomic mass is 32.2. The minimum Gasteiger partial charge on any atom is -0.494 e. The minimum absolute atomic E-state index is 0.0928. The summed E-state index contributed by atoms with van der Waals surface area (Å²) in [4.78, 5) is 17.4. The minimum atomic E-state index is -3.35. The van der Waals surface area contributed by atoms with Crippen molar-refractivity contribution < 1.29 is 27.2 Å². The van der Waals surface area contributed by atoms with Gasteiger partial charge >= 0.3 is 5.97 Å². The van der Waals surface area contributed by atoms with Crippen molar-refractivity contribution in [1.29, 1.82) is 0 Å². The number of carbonyl (C=O) groups excluding carboxylic acids is 1. The zero-order valence-corrected chi connectivity index (χ0v) is 16.2. The first-order valence-corrected chi connectivity index (χ1v) is 10.0. The van der Waals surface area contributed by atoms with E-state index in [-0.39, 0.29) is 10.6 Å². The Balaban J connectivity index is 2.13. The summed E-state index contributed by atoms with van der Waals surface area (Å²) in [6.07, 6.45) is 2.56. The van der Waals surface area contributed by atoms with Crippen molar-refractivity contribution in [3.8, 4) is 28.1 Å². The third-order valence-corrected chi connectivity index (χ3v) is 5.06. The van der Waals surface area contributed by atoms with Gasteiger partial charge in [0.15, 0.2) is 21.4 Å². The quantitative estimate of drug-likeness (QED) is 0.650.